The highest BCUT2D eigenvalue weighted by atomic mass is 79.9. The summed E-state index contributed by atoms with van der Waals surface area (Å²) in [6.45, 7) is 13.0. The van der Waals surface area contributed by atoms with Gasteiger partial charge in [0.05, 0.1) is 4.47 Å². The molecule has 3 rings (SSSR count). The lowest BCUT2D eigenvalue weighted by molar-refractivity contribution is 0.0948. The summed E-state index contributed by atoms with van der Waals surface area (Å²) in [5.41, 5.74) is 10.0. The van der Waals surface area contributed by atoms with Crippen molar-refractivity contribution in [1.29, 1.82) is 0 Å². The second-order valence-corrected chi connectivity index (χ2v) is 10.1. The minimum absolute atomic E-state index is 0.222. The van der Waals surface area contributed by atoms with Crippen LogP contribution in [0.3, 0.4) is 0 Å². The van der Waals surface area contributed by atoms with Crippen molar-refractivity contribution in [3.63, 3.8) is 0 Å². The van der Waals surface area contributed by atoms with Gasteiger partial charge in [-0.15, -0.1) is 0 Å². The highest BCUT2D eigenvalue weighted by Gasteiger charge is 2.17. The largest absolute Gasteiger partial charge is 0.383 e. The molecule has 0 saturated heterocycles. The third-order valence-corrected chi connectivity index (χ3v) is 7.21. The van der Waals surface area contributed by atoms with E-state index in [2.05, 4.69) is 75.4 Å². The quantitative estimate of drug-likeness (QED) is 0.144. The lowest BCUT2D eigenvalue weighted by atomic mass is 9.83. The van der Waals surface area contributed by atoms with Gasteiger partial charge in [-0.25, -0.2) is 4.99 Å². The lowest BCUT2D eigenvalue weighted by Crippen LogP contribution is -2.24. The number of amidine groups is 1. The summed E-state index contributed by atoms with van der Waals surface area (Å²) >= 11 is 3.36. The number of aromatic nitrogens is 2. The number of benzene rings is 1. The number of aliphatic imine (C=N–C) groups is 1. The zero-order valence-electron chi connectivity index (χ0n) is 24.9. The number of carbonyl (C=O) groups excluding carboxylic acids is 1. The average molecular weight is 601 g/mol. The molecule has 1 saturated carbocycles. The molecule has 1 amide bonds. The van der Waals surface area contributed by atoms with Crippen molar-refractivity contribution in [2.45, 2.75) is 99.3 Å². The molecule has 216 valence electrons. The number of hydrogen-bond acceptors (Lipinski definition) is 3. The normalized spacial score (nSPS) is 14.3. The number of nitrogens with two attached hydrogens (primary N) is 1. The van der Waals surface area contributed by atoms with Crippen LogP contribution in [0.2, 0.25) is 0 Å². The van der Waals surface area contributed by atoms with Crippen LogP contribution in [0.15, 0.2) is 57.5 Å². The number of hydrogen-bond donors (Lipinski definition) is 3. The van der Waals surface area contributed by atoms with E-state index in [1.165, 1.54) is 44.9 Å². The first-order chi connectivity index (χ1) is 19.0. The van der Waals surface area contributed by atoms with Gasteiger partial charge in [0.2, 0.25) is 0 Å². The lowest BCUT2D eigenvalue weighted by Gasteiger charge is -2.22. The maximum absolute atomic E-state index is 12.0. The molecule has 0 unspecified atom stereocenters. The molecule has 0 radical (unpaired) electrons. The number of carbonyl (C=O) groups is 1. The SMILES string of the molecule is C/C=C\C(=C/CCC)C1CCCCC1.CC.CCCNC(=O)c1[nH]nc(N=C(N)c2ccccc2CC)c1Br. The van der Waals surface area contributed by atoms with Crippen molar-refractivity contribution in [2.75, 3.05) is 6.54 Å². The molecule has 0 atom stereocenters. The molecule has 6 nitrogen and oxygen atoms in total. The van der Waals surface area contributed by atoms with Gasteiger partial charge in [-0.1, -0.05) is 103 Å². The van der Waals surface area contributed by atoms with Gasteiger partial charge in [-0.2, -0.15) is 5.10 Å². The third-order valence-electron chi connectivity index (χ3n) is 6.46. The maximum atomic E-state index is 12.0. The van der Waals surface area contributed by atoms with Crippen LogP contribution in [0, 0.1) is 5.92 Å². The van der Waals surface area contributed by atoms with Crippen LogP contribution in [0.4, 0.5) is 5.82 Å². The van der Waals surface area contributed by atoms with Gasteiger partial charge in [0, 0.05) is 12.1 Å². The highest BCUT2D eigenvalue weighted by Crippen LogP contribution is 2.31. The fourth-order valence-electron chi connectivity index (χ4n) is 4.43. The average Bonchev–Trinajstić information content (AvgIpc) is 3.35. The minimum atomic E-state index is -0.222. The summed E-state index contributed by atoms with van der Waals surface area (Å²) in [7, 11) is 0. The second-order valence-electron chi connectivity index (χ2n) is 9.33. The van der Waals surface area contributed by atoms with E-state index in [-0.39, 0.29) is 5.91 Å². The molecule has 2 aromatic rings. The topological polar surface area (TPSA) is 96.2 Å². The maximum Gasteiger partial charge on any atom is 0.270 e. The third kappa shape index (κ3) is 11.5. The Morgan fingerprint density at radius 1 is 1.15 bits per heavy atom. The van der Waals surface area contributed by atoms with Gasteiger partial charge >= 0.3 is 0 Å². The standard InChI is InChI=1S/C16H20BrN5O.C14H24.C2H6/c1-3-9-19-16(23)13-12(17)15(22-21-13)20-14(18)11-8-6-5-7-10(11)4-2;1-3-5-10-13(9-4-2)14-11-7-6-8-12-14;1-2/h5-8H,3-4,9H2,1-2H3,(H,19,23)(H3,18,20,21,22);4,9-10,14H,3,5-8,11-12H2,1-2H3;1-2H3/b;9-4-,13-10+;. The molecule has 1 aliphatic rings. The van der Waals surface area contributed by atoms with E-state index in [4.69, 9.17) is 5.73 Å². The first-order valence-electron chi connectivity index (χ1n) is 14.7. The predicted molar refractivity (Wildman–Crippen MR) is 171 cm³/mol. The zero-order chi connectivity index (χ0) is 29.0. The van der Waals surface area contributed by atoms with E-state index in [0.29, 0.717) is 28.4 Å². The Bertz CT molecular complexity index is 1060. The molecule has 0 aliphatic heterocycles. The Labute approximate surface area is 245 Å². The number of unbranched alkanes of at least 4 members (excludes halogenated alkanes) is 1. The molecule has 0 spiro atoms. The van der Waals surface area contributed by atoms with Crippen LogP contribution in [-0.4, -0.2) is 28.5 Å². The van der Waals surface area contributed by atoms with Crippen LogP contribution < -0.4 is 11.1 Å². The molecule has 1 aromatic heterocycles. The number of nitrogens with zero attached hydrogens (tertiary/aromatic N) is 2. The highest BCUT2D eigenvalue weighted by molar-refractivity contribution is 9.10. The Balaban J connectivity index is 0.000000407. The van der Waals surface area contributed by atoms with Crippen molar-refractivity contribution >= 4 is 33.5 Å². The summed E-state index contributed by atoms with van der Waals surface area (Å²) in [5.74, 6) is 1.37. The fraction of sp³-hybridized carbons (Fsp3) is 0.531. The van der Waals surface area contributed by atoms with Crippen LogP contribution in [0.1, 0.15) is 115 Å². The molecule has 1 heterocycles. The van der Waals surface area contributed by atoms with Crippen molar-refractivity contribution in [1.82, 2.24) is 15.5 Å². The first-order valence-corrected chi connectivity index (χ1v) is 15.5. The number of amides is 1. The molecular weight excluding hydrogens is 550 g/mol. The van der Waals surface area contributed by atoms with Crippen LogP contribution in [-0.2, 0) is 6.42 Å². The van der Waals surface area contributed by atoms with E-state index in [9.17, 15) is 4.79 Å². The summed E-state index contributed by atoms with van der Waals surface area (Å²) in [6, 6.07) is 7.82. The van der Waals surface area contributed by atoms with Gasteiger partial charge in [0.15, 0.2) is 5.82 Å². The molecule has 39 heavy (non-hydrogen) atoms. The van der Waals surface area contributed by atoms with Crippen LogP contribution in [0.25, 0.3) is 0 Å². The molecule has 1 aromatic carbocycles. The summed E-state index contributed by atoms with van der Waals surface area (Å²) in [6.07, 6.45) is 18.4. The number of rotatable bonds is 10. The van der Waals surface area contributed by atoms with Crippen molar-refractivity contribution in [3.8, 4) is 0 Å². The number of allylic oxidation sites excluding steroid dienone is 4. The fourth-order valence-corrected chi connectivity index (χ4v) is 4.88. The summed E-state index contributed by atoms with van der Waals surface area (Å²) in [4.78, 5) is 16.3. The van der Waals surface area contributed by atoms with E-state index in [1.54, 1.807) is 5.57 Å². The smallest absolute Gasteiger partial charge is 0.270 e. The molecule has 1 fully saturated rings. The molecule has 4 N–H and O–H groups in total. The van der Waals surface area contributed by atoms with E-state index in [0.717, 1.165) is 29.9 Å². The Hall–Kier alpha value is -2.67. The van der Waals surface area contributed by atoms with E-state index in [1.807, 2.05) is 45.0 Å². The Morgan fingerprint density at radius 2 is 1.85 bits per heavy atom. The number of H-pyrrole nitrogens is 1. The number of halogens is 1. The molecular formula is C32H50BrN5O. The number of aryl methyl sites for hydroxylation is 1. The minimum Gasteiger partial charge on any atom is -0.383 e. The first kappa shape index (κ1) is 34.4. The van der Waals surface area contributed by atoms with Crippen molar-refractivity contribution in [3.05, 3.63) is 69.4 Å². The van der Waals surface area contributed by atoms with Gasteiger partial charge in [0.1, 0.15) is 11.5 Å². The zero-order valence-corrected chi connectivity index (χ0v) is 26.5. The van der Waals surface area contributed by atoms with Crippen LogP contribution >= 0.6 is 15.9 Å². The van der Waals surface area contributed by atoms with Gasteiger partial charge in [-0.05, 0) is 72.0 Å². The summed E-state index contributed by atoms with van der Waals surface area (Å²) < 4.78 is 0.503. The number of nitrogens with one attached hydrogen (secondary N) is 2. The van der Waals surface area contributed by atoms with Crippen molar-refractivity contribution < 1.29 is 4.79 Å². The summed E-state index contributed by atoms with van der Waals surface area (Å²) in [5, 5.41) is 9.55. The Morgan fingerprint density at radius 3 is 2.46 bits per heavy atom. The van der Waals surface area contributed by atoms with Crippen molar-refractivity contribution in [2.24, 2.45) is 16.6 Å². The van der Waals surface area contributed by atoms with Gasteiger partial charge in [0.25, 0.3) is 5.91 Å². The monoisotopic (exact) mass is 599 g/mol. The second kappa shape index (κ2) is 20.3. The molecule has 0 bridgehead atoms. The van der Waals surface area contributed by atoms with Gasteiger partial charge in [-0.3, -0.25) is 9.89 Å². The van der Waals surface area contributed by atoms with E-state index < -0.39 is 0 Å². The predicted octanol–water partition coefficient (Wildman–Crippen LogP) is 8.81. The Kier molecular flexibility index (Phi) is 17.9. The van der Waals surface area contributed by atoms with Gasteiger partial charge < -0.3 is 11.1 Å². The van der Waals surface area contributed by atoms with Crippen LogP contribution in [0.5, 0.6) is 0 Å². The molecule has 7 heteroatoms. The van der Waals surface area contributed by atoms with E-state index >= 15 is 0 Å². The molecule has 1 aliphatic carbocycles. The number of aromatic amines is 1.